The van der Waals surface area contributed by atoms with Gasteiger partial charge in [-0.2, -0.15) is 0 Å². The van der Waals surface area contributed by atoms with Crippen LogP contribution in [0.5, 0.6) is 0 Å². The van der Waals surface area contributed by atoms with Crippen LogP contribution in [0.1, 0.15) is 12.8 Å². The Labute approximate surface area is 106 Å². The predicted molar refractivity (Wildman–Crippen MR) is 59.0 cm³/mol. The lowest BCUT2D eigenvalue weighted by molar-refractivity contribution is -0.136. The monoisotopic (exact) mass is 266 g/mol. The van der Waals surface area contributed by atoms with Gasteiger partial charge >= 0.3 is 6.03 Å². The van der Waals surface area contributed by atoms with Crippen molar-refractivity contribution in [2.45, 2.75) is 12.8 Å². The number of amides is 4. The normalized spacial score (nSPS) is 20.7. The molecule has 19 heavy (non-hydrogen) atoms. The van der Waals surface area contributed by atoms with Crippen molar-refractivity contribution in [1.82, 2.24) is 5.32 Å². The molecule has 4 amide bonds. The number of barbiturate groups is 1. The van der Waals surface area contributed by atoms with E-state index in [9.17, 15) is 23.2 Å². The van der Waals surface area contributed by atoms with Crippen LogP contribution in [-0.2, 0) is 9.59 Å². The number of hydrogen-bond acceptors (Lipinski definition) is 3. The predicted octanol–water partition coefficient (Wildman–Crippen LogP) is 1.33. The lowest BCUT2D eigenvalue weighted by atomic mass is 10.0. The molecule has 0 radical (unpaired) electrons. The van der Waals surface area contributed by atoms with Crippen LogP contribution >= 0.6 is 0 Å². The van der Waals surface area contributed by atoms with Crippen LogP contribution in [0.15, 0.2) is 18.2 Å². The van der Waals surface area contributed by atoms with Gasteiger partial charge in [0, 0.05) is 6.07 Å². The zero-order valence-corrected chi connectivity index (χ0v) is 9.57. The van der Waals surface area contributed by atoms with Crippen LogP contribution < -0.4 is 10.2 Å². The Balaban J connectivity index is 2.06. The Bertz CT molecular complexity index is 625. The zero-order valence-electron chi connectivity index (χ0n) is 9.57. The molecule has 5 nitrogen and oxygen atoms in total. The molecule has 7 heteroatoms. The van der Waals surface area contributed by atoms with E-state index < -0.39 is 34.9 Å². The number of nitrogens with one attached hydrogen (secondary N) is 1. The summed E-state index contributed by atoms with van der Waals surface area (Å²) >= 11 is 0. The maximum absolute atomic E-state index is 13.7. The van der Waals surface area contributed by atoms with E-state index in [4.69, 9.17) is 0 Å². The summed E-state index contributed by atoms with van der Waals surface area (Å²) in [5.41, 5.74) is -1.61. The van der Waals surface area contributed by atoms with Gasteiger partial charge in [-0.25, -0.2) is 18.5 Å². The molecular formula is C12H8F2N2O3. The second kappa shape index (κ2) is 3.59. The van der Waals surface area contributed by atoms with Gasteiger partial charge in [0.1, 0.15) is 17.0 Å². The molecule has 1 N–H and O–H groups in total. The standard InChI is InChI=1S/C12H8F2N2O3/c13-6-1-2-8(7(14)5-6)16-10(18)12(3-4-12)9(17)15-11(16)19/h1-2,5H,3-4H2,(H,15,17,19). The van der Waals surface area contributed by atoms with Crippen molar-refractivity contribution < 1.29 is 23.2 Å². The van der Waals surface area contributed by atoms with Crippen LogP contribution in [0.4, 0.5) is 19.3 Å². The van der Waals surface area contributed by atoms with E-state index in [1.54, 1.807) is 0 Å². The van der Waals surface area contributed by atoms with E-state index in [0.717, 1.165) is 12.1 Å². The van der Waals surface area contributed by atoms with Gasteiger partial charge in [0.25, 0.3) is 5.91 Å². The zero-order chi connectivity index (χ0) is 13.8. The van der Waals surface area contributed by atoms with E-state index in [1.165, 1.54) is 0 Å². The lowest BCUT2D eigenvalue weighted by Crippen LogP contribution is -2.59. The van der Waals surface area contributed by atoms with Crippen molar-refractivity contribution in [1.29, 1.82) is 0 Å². The second-order valence-corrected chi connectivity index (χ2v) is 4.58. The highest BCUT2D eigenvalue weighted by Crippen LogP contribution is 2.49. The second-order valence-electron chi connectivity index (χ2n) is 4.58. The fraction of sp³-hybridized carbons (Fsp3) is 0.250. The van der Waals surface area contributed by atoms with E-state index in [1.807, 2.05) is 5.32 Å². The summed E-state index contributed by atoms with van der Waals surface area (Å²) in [6, 6.07) is 1.49. The van der Waals surface area contributed by atoms with Gasteiger partial charge in [0.05, 0.1) is 5.69 Å². The summed E-state index contributed by atoms with van der Waals surface area (Å²) in [7, 11) is 0. The molecule has 1 aliphatic heterocycles. The molecule has 1 aromatic rings. The topological polar surface area (TPSA) is 66.5 Å². The van der Waals surface area contributed by atoms with Gasteiger partial charge in [0.15, 0.2) is 0 Å². The third-order valence-electron chi connectivity index (χ3n) is 3.37. The summed E-state index contributed by atoms with van der Waals surface area (Å²) in [5, 5.41) is 2.02. The van der Waals surface area contributed by atoms with Crippen molar-refractivity contribution >= 4 is 23.5 Å². The van der Waals surface area contributed by atoms with Crippen LogP contribution in [0.25, 0.3) is 0 Å². The Morgan fingerprint density at radius 1 is 1.16 bits per heavy atom. The van der Waals surface area contributed by atoms with Gasteiger partial charge in [-0.05, 0) is 25.0 Å². The number of rotatable bonds is 1. The molecule has 1 saturated carbocycles. The van der Waals surface area contributed by atoms with Crippen LogP contribution in [-0.4, -0.2) is 17.8 Å². The molecule has 0 atom stereocenters. The number of urea groups is 1. The third-order valence-corrected chi connectivity index (χ3v) is 3.37. The third kappa shape index (κ3) is 1.54. The van der Waals surface area contributed by atoms with Crippen molar-refractivity contribution in [3.63, 3.8) is 0 Å². The van der Waals surface area contributed by atoms with Gasteiger partial charge in [-0.1, -0.05) is 0 Å². The molecule has 2 fully saturated rings. The van der Waals surface area contributed by atoms with Crippen molar-refractivity contribution in [2.24, 2.45) is 5.41 Å². The fourth-order valence-corrected chi connectivity index (χ4v) is 2.12. The molecule has 1 aromatic carbocycles. The van der Waals surface area contributed by atoms with Crippen LogP contribution in [0.2, 0.25) is 0 Å². The van der Waals surface area contributed by atoms with Crippen molar-refractivity contribution in [3.8, 4) is 0 Å². The molecule has 0 aromatic heterocycles. The SMILES string of the molecule is O=C1NC(=O)C2(CC2)C(=O)N1c1ccc(F)cc1F. The first-order valence-corrected chi connectivity index (χ1v) is 5.61. The number of hydrogen-bond donors (Lipinski definition) is 1. The van der Waals surface area contributed by atoms with Crippen LogP contribution in [0, 0.1) is 17.0 Å². The molecule has 2 aliphatic rings. The first-order chi connectivity index (χ1) is 8.95. The minimum Gasteiger partial charge on any atom is -0.276 e. The Hall–Kier alpha value is -2.31. The summed E-state index contributed by atoms with van der Waals surface area (Å²) in [4.78, 5) is 36.0. The molecule has 0 unspecified atom stereocenters. The Morgan fingerprint density at radius 2 is 1.84 bits per heavy atom. The highest BCUT2D eigenvalue weighted by atomic mass is 19.1. The van der Waals surface area contributed by atoms with E-state index in [2.05, 4.69) is 0 Å². The lowest BCUT2D eigenvalue weighted by Gasteiger charge is -2.30. The number of carbonyl (C=O) groups excluding carboxylic acids is 3. The molecule has 1 aliphatic carbocycles. The molecule has 98 valence electrons. The highest BCUT2D eigenvalue weighted by Gasteiger charge is 2.62. The van der Waals surface area contributed by atoms with E-state index >= 15 is 0 Å². The minimum absolute atomic E-state index is 0.324. The summed E-state index contributed by atoms with van der Waals surface area (Å²) in [6.45, 7) is 0. The summed E-state index contributed by atoms with van der Waals surface area (Å²) in [6.07, 6.45) is 0.647. The summed E-state index contributed by atoms with van der Waals surface area (Å²) in [5.74, 6) is -3.26. The van der Waals surface area contributed by atoms with Crippen molar-refractivity contribution in [3.05, 3.63) is 29.8 Å². The van der Waals surface area contributed by atoms with Gasteiger partial charge in [0.2, 0.25) is 5.91 Å². The molecule has 0 bridgehead atoms. The highest BCUT2D eigenvalue weighted by molar-refractivity contribution is 6.31. The number of halogens is 2. The fourth-order valence-electron chi connectivity index (χ4n) is 2.12. The van der Waals surface area contributed by atoms with E-state index in [0.29, 0.717) is 23.8 Å². The number of benzene rings is 1. The first-order valence-electron chi connectivity index (χ1n) is 5.61. The number of nitrogens with zero attached hydrogens (tertiary/aromatic N) is 1. The average Bonchev–Trinajstić information content (AvgIpc) is 3.11. The Morgan fingerprint density at radius 3 is 2.42 bits per heavy atom. The molecule has 1 saturated heterocycles. The van der Waals surface area contributed by atoms with Gasteiger partial charge in [-0.15, -0.1) is 0 Å². The smallest absolute Gasteiger partial charge is 0.276 e. The largest absolute Gasteiger partial charge is 0.335 e. The molecule has 3 rings (SSSR count). The average molecular weight is 266 g/mol. The summed E-state index contributed by atoms with van der Waals surface area (Å²) < 4.78 is 26.5. The number of anilines is 1. The minimum atomic E-state index is -1.26. The molecule has 1 spiro atoms. The molecule has 1 heterocycles. The quantitative estimate of drug-likeness (QED) is 0.780. The Kier molecular flexibility index (Phi) is 2.23. The van der Waals surface area contributed by atoms with Gasteiger partial charge < -0.3 is 0 Å². The number of imide groups is 2. The van der Waals surface area contributed by atoms with Crippen molar-refractivity contribution in [2.75, 3.05) is 4.90 Å². The maximum atomic E-state index is 13.7. The molecular weight excluding hydrogens is 258 g/mol. The first kappa shape index (κ1) is 11.8. The van der Waals surface area contributed by atoms with Gasteiger partial charge in [-0.3, -0.25) is 14.9 Å². The van der Waals surface area contributed by atoms with Crippen LogP contribution in [0.3, 0.4) is 0 Å². The van der Waals surface area contributed by atoms with E-state index in [-0.39, 0.29) is 5.69 Å². The maximum Gasteiger partial charge on any atom is 0.335 e. The number of carbonyl (C=O) groups is 3.